The summed E-state index contributed by atoms with van der Waals surface area (Å²) in [7, 11) is 0. The highest BCUT2D eigenvalue weighted by atomic mass is 16.6. The Hall–Kier alpha value is -2.76. The predicted octanol–water partition coefficient (Wildman–Crippen LogP) is 4.89. The first-order chi connectivity index (χ1) is 16.1. The lowest BCUT2D eigenvalue weighted by atomic mass is 9.80. The molecule has 0 saturated carbocycles. The number of hydrogen-bond donors (Lipinski definition) is 1. The smallest absolute Gasteiger partial charge is 0.204 e. The SMILES string of the molecule is CCOc1cccc2c1O[C@@H](CN1[C@@H]3CC[C@H]1CC(O)(c1ccc4ccccc4c1)C3)CO2. The summed E-state index contributed by atoms with van der Waals surface area (Å²) in [6.45, 7) is 3.91. The maximum atomic E-state index is 11.7. The van der Waals surface area contributed by atoms with Gasteiger partial charge in [0.15, 0.2) is 11.5 Å². The van der Waals surface area contributed by atoms with Gasteiger partial charge in [0.2, 0.25) is 5.75 Å². The second-order valence-corrected chi connectivity index (χ2v) is 9.65. The van der Waals surface area contributed by atoms with Crippen LogP contribution in [0.4, 0.5) is 0 Å². The minimum atomic E-state index is -0.773. The van der Waals surface area contributed by atoms with Crippen molar-refractivity contribution >= 4 is 10.8 Å². The third-order valence-corrected chi connectivity index (χ3v) is 7.57. The van der Waals surface area contributed by atoms with Gasteiger partial charge in [-0.2, -0.15) is 0 Å². The highest BCUT2D eigenvalue weighted by Crippen LogP contribution is 2.47. The van der Waals surface area contributed by atoms with Crippen molar-refractivity contribution in [2.45, 2.75) is 56.4 Å². The lowest BCUT2D eigenvalue weighted by Gasteiger charge is -2.45. The maximum absolute atomic E-state index is 11.7. The number of aliphatic hydroxyl groups is 1. The molecule has 172 valence electrons. The van der Waals surface area contributed by atoms with E-state index in [1.54, 1.807) is 0 Å². The van der Waals surface area contributed by atoms with Gasteiger partial charge in [-0.05, 0) is 67.1 Å². The van der Waals surface area contributed by atoms with E-state index in [9.17, 15) is 5.11 Å². The maximum Gasteiger partial charge on any atom is 0.204 e. The molecule has 3 aromatic carbocycles. The summed E-state index contributed by atoms with van der Waals surface area (Å²) in [4.78, 5) is 2.55. The number of para-hydroxylation sites is 1. The van der Waals surface area contributed by atoms with E-state index in [0.717, 1.165) is 49.3 Å². The molecule has 0 aromatic heterocycles. The first kappa shape index (κ1) is 20.8. The van der Waals surface area contributed by atoms with Crippen LogP contribution in [0.3, 0.4) is 0 Å². The quantitative estimate of drug-likeness (QED) is 0.606. The molecule has 0 amide bonds. The fourth-order valence-corrected chi connectivity index (χ4v) is 6.03. The van der Waals surface area contributed by atoms with Crippen molar-refractivity contribution in [1.29, 1.82) is 0 Å². The van der Waals surface area contributed by atoms with Crippen LogP contribution in [0.2, 0.25) is 0 Å². The summed E-state index contributed by atoms with van der Waals surface area (Å²) in [5.41, 5.74) is 0.274. The van der Waals surface area contributed by atoms with Gasteiger partial charge in [-0.1, -0.05) is 42.5 Å². The molecule has 2 fully saturated rings. The number of benzene rings is 3. The van der Waals surface area contributed by atoms with Crippen molar-refractivity contribution in [3.63, 3.8) is 0 Å². The van der Waals surface area contributed by atoms with Gasteiger partial charge in [0.05, 0.1) is 12.2 Å². The number of fused-ring (bicyclic) bond motifs is 4. The molecule has 1 unspecified atom stereocenters. The van der Waals surface area contributed by atoms with E-state index in [1.807, 2.05) is 25.1 Å². The lowest BCUT2D eigenvalue weighted by molar-refractivity contribution is -0.0688. The Kier molecular flexibility index (Phi) is 5.19. The molecular formula is C28H31NO4. The van der Waals surface area contributed by atoms with Gasteiger partial charge in [0.1, 0.15) is 12.7 Å². The molecule has 1 N–H and O–H groups in total. The van der Waals surface area contributed by atoms with E-state index in [4.69, 9.17) is 14.2 Å². The Bertz CT molecular complexity index is 1150. The van der Waals surface area contributed by atoms with Crippen molar-refractivity contribution in [3.8, 4) is 17.2 Å². The number of piperidine rings is 1. The molecule has 5 nitrogen and oxygen atoms in total. The summed E-state index contributed by atoms with van der Waals surface area (Å²) < 4.78 is 18.2. The van der Waals surface area contributed by atoms with E-state index in [2.05, 4.69) is 47.4 Å². The summed E-state index contributed by atoms with van der Waals surface area (Å²) in [6.07, 6.45) is 3.71. The second kappa shape index (κ2) is 8.23. The molecular weight excluding hydrogens is 414 g/mol. The highest BCUT2D eigenvalue weighted by molar-refractivity contribution is 5.83. The normalized spacial score (nSPS) is 28.7. The number of hydrogen-bond acceptors (Lipinski definition) is 5. The van der Waals surface area contributed by atoms with Crippen molar-refractivity contribution in [1.82, 2.24) is 4.90 Å². The van der Waals surface area contributed by atoms with Gasteiger partial charge in [0.25, 0.3) is 0 Å². The average Bonchev–Trinajstić information content (AvgIpc) is 3.08. The number of rotatable bonds is 5. The van der Waals surface area contributed by atoms with E-state index in [0.29, 0.717) is 31.0 Å². The van der Waals surface area contributed by atoms with Crippen LogP contribution in [0.25, 0.3) is 10.8 Å². The van der Waals surface area contributed by atoms with E-state index < -0.39 is 5.60 Å². The summed E-state index contributed by atoms with van der Waals surface area (Å²) >= 11 is 0. The van der Waals surface area contributed by atoms with E-state index in [1.165, 1.54) is 10.8 Å². The highest BCUT2D eigenvalue weighted by Gasteiger charge is 2.49. The minimum Gasteiger partial charge on any atom is -0.490 e. The molecule has 33 heavy (non-hydrogen) atoms. The fourth-order valence-electron chi connectivity index (χ4n) is 6.03. The summed E-state index contributed by atoms with van der Waals surface area (Å²) in [6, 6.07) is 21.3. The zero-order valence-electron chi connectivity index (χ0n) is 19.1. The van der Waals surface area contributed by atoms with E-state index in [-0.39, 0.29) is 6.10 Å². The third kappa shape index (κ3) is 3.73. The molecule has 4 atom stereocenters. The van der Waals surface area contributed by atoms with Crippen LogP contribution in [0.1, 0.15) is 38.2 Å². The predicted molar refractivity (Wildman–Crippen MR) is 128 cm³/mol. The summed E-state index contributed by atoms with van der Waals surface area (Å²) in [5, 5.41) is 14.1. The fraction of sp³-hybridized carbons (Fsp3) is 0.429. The third-order valence-electron chi connectivity index (χ3n) is 7.57. The van der Waals surface area contributed by atoms with Crippen LogP contribution < -0.4 is 14.2 Å². The van der Waals surface area contributed by atoms with Gasteiger partial charge in [0, 0.05) is 18.6 Å². The zero-order chi connectivity index (χ0) is 22.4. The Morgan fingerprint density at radius 3 is 2.58 bits per heavy atom. The van der Waals surface area contributed by atoms with Crippen LogP contribution >= 0.6 is 0 Å². The zero-order valence-corrected chi connectivity index (χ0v) is 19.1. The molecule has 3 aliphatic rings. The Labute approximate surface area is 194 Å². The van der Waals surface area contributed by atoms with Gasteiger partial charge in [-0.3, -0.25) is 4.90 Å². The molecule has 5 heteroatoms. The Morgan fingerprint density at radius 2 is 1.79 bits per heavy atom. The molecule has 2 bridgehead atoms. The van der Waals surface area contributed by atoms with Crippen molar-refractivity contribution in [2.24, 2.45) is 0 Å². The van der Waals surface area contributed by atoms with Gasteiger partial charge in [-0.25, -0.2) is 0 Å². The van der Waals surface area contributed by atoms with Crippen LogP contribution in [0.5, 0.6) is 17.2 Å². The Morgan fingerprint density at radius 1 is 1.00 bits per heavy atom. The van der Waals surface area contributed by atoms with E-state index >= 15 is 0 Å². The largest absolute Gasteiger partial charge is 0.490 e. The first-order valence-electron chi connectivity index (χ1n) is 12.2. The average molecular weight is 446 g/mol. The van der Waals surface area contributed by atoms with Crippen LogP contribution in [0.15, 0.2) is 60.7 Å². The second-order valence-electron chi connectivity index (χ2n) is 9.65. The van der Waals surface area contributed by atoms with Crippen LogP contribution in [-0.2, 0) is 5.60 Å². The molecule has 0 spiro atoms. The monoisotopic (exact) mass is 445 g/mol. The Balaban J connectivity index is 1.19. The van der Waals surface area contributed by atoms with Crippen LogP contribution in [0, 0.1) is 0 Å². The van der Waals surface area contributed by atoms with Crippen LogP contribution in [-0.4, -0.2) is 48.0 Å². The van der Waals surface area contributed by atoms with Gasteiger partial charge >= 0.3 is 0 Å². The molecule has 3 heterocycles. The first-order valence-corrected chi connectivity index (χ1v) is 12.2. The summed E-state index contributed by atoms with van der Waals surface area (Å²) in [5.74, 6) is 2.21. The van der Waals surface area contributed by atoms with Gasteiger partial charge in [-0.15, -0.1) is 0 Å². The molecule has 0 radical (unpaired) electrons. The molecule has 2 saturated heterocycles. The lowest BCUT2D eigenvalue weighted by Crippen LogP contribution is -2.53. The minimum absolute atomic E-state index is 0.0472. The number of nitrogens with zero attached hydrogens (tertiary/aromatic N) is 1. The topological polar surface area (TPSA) is 51.2 Å². The van der Waals surface area contributed by atoms with Crippen molar-refractivity contribution in [2.75, 3.05) is 19.8 Å². The standard InChI is InChI=1S/C28H31NO4/c1-2-31-25-8-5-9-26-27(25)33-24(18-32-26)17-29-22-12-13-23(29)16-28(30,15-22)21-11-10-19-6-3-4-7-20(19)14-21/h3-11,14,22-24,30H,2,12-13,15-18H2,1H3/t22-,23+,24-,28?/m0/s1. The molecule has 0 aliphatic carbocycles. The van der Waals surface area contributed by atoms with Crippen molar-refractivity contribution in [3.05, 3.63) is 66.2 Å². The molecule has 3 aliphatic heterocycles. The number of ether oxygens (including phenoxy) is 3. The molecule has 6 rings (SSSR count). The van der Waals surface area contributed by atoms with Gasteiger partial charge < -0.3 is 19.3 Å². The van der Waals surface area contributed by atoms with Crippen molar-refractivity contribution < 1.29 is 19.3 Å². The molecule has 3 aromatic rings.